The lowest BCUT2D eigenvalue weighted by Gasteiger charge is -2.38. The minimum atomic E-state index is -3.03. The summed E-state index contributed by atoms with van der Waals surface area (Å²) < 4.78 is 43.6. The average molecular weight is 507 g/mol. The molecule has 5 heteroatoms. The lowest BCUT2D eigenvalue weighted by Crippen LogP contribution is -2.25. The monoisotopic (exact) mass is 506 g/mol. The van der Waals surface area contributed by atoms with E-state index in [0.717, 1.165) is 23.3 Å². The van der Waals surface area contributed by atoms with E-state index in [1.54, 1.807) is 0 Å². The number of hydrogen-bond acceptors (Lipinski definition) is 1. The van der Waals surface area contributed by atoms with Gasteiger partial charge >= 0.3 is 6.61 Å². The summed E-state index contributed by atoms with van der Waals surface area (Å²) in [7, 11) is 0. The Morgan fingerprint density at radius 3 is 2.09 bits per heavy atom. The summed E-state index contributed by atoms with van der Waals surface area (Å²) in [5, 5.41) is -0.386. The van der Waals surface area contributed by atoms with Gasteiger partial charge in [0.05, 0.1) is 0 Å². The molecule has 192 valence electrons. The van der Waals surface area contributed by atoms with Gasteiger partial charge in [0.1, 0.15) is 16.6 Å². The molecule has 2 aliphatic rings. The molecule has 0 N–H and O–H groups in total. The van der Waals surface area contributed by atoms with Gasteiger partial charge in [-0.2, -0.15) is 8.78 Å². The fraction of sp³-hybridized carbons (Fsp3) is 0.600. The molecular weight excluding hydrogens is 469 g/mol. The van der Waals surface area contributed by atoms with Crippen LogP contribution >= 0.6 is 11.6 Å². The van der Waals surface area contributed by atoms with Crippen molar-refractivity contribution in [3.05, 3.63) is 63.9 Å². The molecule has 0 bridgehead atoms. The molecule has 2 aliphatic carbocycles. The molecule has 0 spiro atoms. The second kappa shape index (κ2) is 12.5. The van der Waals surface area contributed by atoms with Gasteiger partial charge in [-0.1, -0.05) is 74.5 Å². The zero-order valence-electron chi connectivity index (χ0n) is 20.8. The van der Waals surface area contributed by atoms with E-state index in [1.807, 2.05) is 0 Å². The van der Waals surface area contributed by atoms with Crippen molar-refractivity contribution < 1.29 is 17.9 Å². The fourth-order valence-corrected chi connectivity index (χ4v) is 6.70. The summed E-state index contributed by atoms with van der Waals surface area (Å²) in [4.78, 5) is 0. The van der Waals surface area contributed by atoms with Crippen LogP contribution in [0, 0.1) is 23.6 Å². The van der Waals surface area contributed by atoms with Crippen LogP contribution in [0.5, 0.6) is 5.75 Å². The molecule has 2 aromatic carbocycles. The van der Waals surface area contributed by atoms with Gasteiger partial charge in [0, 0.05) is 0 Å². The second-order valence-electron chi connectivity index (χ2n) is 10.7. The fourth-order valence-electron chi connectivity index (χ4n) is 6.47. The molecule has 0 aromatic heterocycles. The lowest BCUT2D eigenvalue weighted by atomic mass is 9.68. The highest BCUT2D eigenvalue weighted by molar-refractivity contribution is 6.32. The van der Waals surface area contributed by atoms with Crippen molar-refractivity contribution in [2.75, 3.05) is 0 Å². The summed E-state index contributed by atoms with van der Waals surface area (Å²) in [5.74, 6) is 2.50. The maximum atomic E-state index is 14.5. The van der Waals surface area contributed by atoms with Gasteiger partial charge in [-0.25, -0.2) is 4.39 Å². The van der Waals surface area contributed by atoms with Crippen LogP contribution in [0.3, 0.4) is 0 Å². The Morgan fingerprint density at radius 2 is 1.49 bits per heavy atom. The third-order valence-electron chi connectivity index (χ3n) is 8.50. The average Bonchev–Trinajstić information content (AvgIpc) is 2.87. The number of rotatable bonds is 9. The largest absolute Gasteiger partial charge is 0.433 e. The molecule has 0 heterocycles. The van der Waals surface area contributed by atoms with E-state index in [1.165, 1.54) is 81.9 Å². The molecule has 1 nitrogen and oxygen atoms in total. The number of alkyl halides is 2. The van der Waals surface area contributed by atoms with Crippen LogP contribution in [-0.2, 0) is 12.8 Å². The number of benzene rings is 2. The second-order valence-corrected chi connectivity index (χ2v) is 11.0. The maximum absolute atomic E-state index is 14.5. The molecule has 2 fully saturated rings. The van der Waals surface area contributed by atoms with Gasteiger partial charge < -0.3 is 4.74 Å². The zero-order chi connectivity index (χ0) is 24.8. The first kappa shape index (κ1) is 26.4. The first-order valence-electron chi connectivity index (χ1n) is 13.4. The number of ether oxygens (including phenoxy) is 1. The van der Waals surface area contributed by atoms with Crippen molar-refractivity contribution in [1.82, 2.24) is 0 Å². The van der Waals surface area contributed by atoms with Crippen molar-refractivity contribution in [3.63, 3.8) is 0 Å². The van der Waals surface area contributed by atoms with Gasteiger partial charge in [-0.3, -0.25) is 0 Å². The number of aryl methyl sites for hydroxylation is 2. The Morgan fingerprint density at radius 1 is 0.857 bits per heavy atom. The van der Waals surface area contributed by atoms with E-state index in [2.05, 4.69) is 35.9 Å². The molecule has 0 unspecified atom stereocenters. The Hall–Kier alpha value is -1.68. The normalized spacial score (nSPS) is 25.1. The van der Waals surface area contributed by atoms with Crippen LogP contribution in [0.4, 0.5) is 13.2 Å². The van der Waals surface area contributed by atoms with Crippen LogP contribution in [0.1, 0.15) is 93.7 Å². The standard InChI is InChI=1S/C30H38ClF3O/c1-2-3-20-4-9-22(10-5-20)24-14-16-25(17-15-24)23-11-6-21(7-12-23)8-13-26-18-19-27(35-30(33)34)28(31)29(26)32/h6-7,11-12,18-20,22,24-25,30H,2-5,8-10,13-17H2,1H3. The SMILES string of the molecule is CCCC1CCC(C2CCC(c3ccc(CCc4ccc(OC(F)F)c(Cl)c4F)cc3)CC2)CC1. The van der Waals surface area contributed by atoms with E-state index < -0.39 is 12.4 Å². The predicted molar refractivity (Wildman–Crippen MR) is 137 cm³/mol. The highest BCUT2D eigenvalue weighted by Gasteiger charge is 2.31. The van der Waals surface area contributed by atoms with Crippen molar-refractivity contribution in [1.29, 1.82) is 0 Å². The first-order chi connectivity index (χ1) is 16.9. The summed E-state index contributed by atoms with van der Waals surface area (Å²) in [6.07, 6.45) is 14.9. The minimum absolute atomic E-state index is 0.328. The molecule has 0 aliphatic heterocycles. The predicted octanol–water partition coefficient (Wildman–Crippen LogP) is 9.75. The van der Waals surface area contributed by atoms with Crippen molar-refractivity contribution >= 4 is 11.6 Å². The molecule has 0 saturated heterocycles. The van der Waals surface area contributed by atoms with Crippen LogP contribution in [-0.4, -0.2) is 6.61 Å². The lowest BCUT2D eigenvalue weighted by molar-refractivity contribution is -0.0499. The van der Waals surface area contributed by atoms with E-state index in [4.69, 9.17) is 11.6 Å². The summed E-state index contributed by atoms with van der Waals surface area (Å²) >= 11 is 5.88. The third kappa shape index (κ3) is 6.96. The number of halogens is 4. The molecule has 0 amide bonds. The third-order valence-corrected chi connectivity index (χ3v) is 8.86. The first-order valence-corrected chi connectivity index (χ1v) is 13.8. The molecule has 4 rings (SSSR count). The van der Waals surface area contributed by atoms with Crippen LogP contribution in [0.2, 0.25) is 5.02 Å². The van der Waals surface area contributed by atoms with Gasteiger partial charge in [0.2, 0.25) is 0 Å². The number of hydrogen-bond donors (Lipinski definition) is 0. The van der Waals surface area contributed by atoms with E-state index >= 15 is 0 Å². The summed E-state index contributed by atoms with van der Waals surface area (Å²) in [5.41, 5.74) is 2.96. The highest BCUT2D eigenvalue weighted by Crippen LogP contribution is 2.44. The van der Waals surface area contributed by atoms with Crippen LogP contribution < -0.4 is 4.74 Å². The van der Waals surface area contributed by atoms with Crippen LogP contribution in [0.25, 0.3) is 0 Å². The topological polar surface area (TPSA) is 9.23 Å². The minimum Gasteiger partial charge on any atom is -0.433 e. The van der Waals surface area contributed by atoms with Gasteiger partial charge in [0.25, 0.3) is 0 Å². The Balaban J connectivity index is 1.25. The maximum Gasteiger partial charge on any atom is 0.387 e. The zero-order valence-corrected chi connectivity index (χ0v) is 21.5. The molecule has 35 heavy (non-hydrogen) atoms. The molecular formula is C30H38ClF3O. The Bertz CT molecular complexity index is 929. The van der Waals surface area contributed by atoms with Crippen molar-refractivity contribution in [2.45, 2.75) is 96.5 Å². The van der Waals surface area contributed by atoms with Crippen LogP contribution in [0.15, 0.2) is 36.4 Å². The van der Waals surface area contributed by atoms with Gasteiger partial charge in [-0.15, -0.1) is 0 Å². The smallest absolute Gasteiger partial charge is 0.387 e. The van der Waals surface area contributed by atoms with Crippen molar-refractivity contribution in [2.24, 2.45) is 17.8 Å². The summed E-state index contributed by atoms with van der Waals surface area (Å²) in [6.45, 7) is -0.720. The molecule has 0 atom stereocenters. The molecule has 2 saturated carbocycles. The van der Waals surface area contributed by atoms with Gasteiger partial charge in [0.15, 0.2) is 0 Å². The quantitative estimate of drug-likeness (QED) is 0.329. The molecule has 2 aromatic rings. The highest BCUT2D eigenvalue weighted by atomic mass is 35.5. The molecule has 0 radical (unpaired) electrons. The van der Waals surface area contributed by atoms with Crippen molar-refractivity contribution in [3.8, 4) is 5.75 Å². The van der Waals surface area contributed by atoms with E-state index in [9.17, 15) is 13.2 Å². The van der Waals surface area contributed by atoms with Gasteiger partial charge in [-0.05, 0) is 97.8 Å². The summed E-state index contributed by atoms with van der Waals surface area (Å²) in [6, 6.07) is 11.5. The Labute approximate surface area is 213 Å². The van der Waals surface area contributed by atoms with E-state index in [0.29, 0.717) is 24.3 Å². The van der Waals surface area contributed by atoms with E-state index in [-0.39, 0.29) is 10.8 Å². The Kier molecular flexibility index (Phi) is 9.44.